The van der Waals surface area contributed by atoms with Crippen molar-refractivity contribution in [2.75, 3.05) is 14.1 Å². The molecule has 2 aliphatic heterocycles. The molecule has 2 nitrogen and oxygen atoms in total. The van der Waals surface area contributed by atoms with Gasteiger partial charge in [-0.3, -0.25) is 0 Å². The Balaban J connectivity index is 1.46. The molecule has 1 saturated heterocycles. The SMILES string of the molecule is CN1C(=CC=CC2=[N+](C)C3CC3C2)CC2CC21. The summed E-state index contributed by atoms with van der Waals surface area (Å²) in [5.41, 5.74) is 3.07. The van der Waals surface area contributed by atoms with Crippen LogP contribution in [0.25, 0.3) is 0 Å². The maximum absolute atomic E-state index is 2.48. The van der Waals surface area contributed by atoms with E-state index in [0.29, 0.717) is 0 Å². The molecular formula is C15H21N2+. The lowest BCUT2D eigenvalue weighted by molar-refractivity contribution is -0.507. The standard InChI is InChI=1S/C15H21N2/c1-16-12(6-10-8-14(10)16)4-3-5-13-7-11-9-15(11)17(13)2/h3-5,10-11,14-15H,6-9H2,1-2H3/q+1. The van der Waals surface area contributed by atoms with Crippen molar-refractivity contribution in [3.05, 3.63) is 23.9 Å². The fourth-order valence-corrected chi connectivity index (χ4v) is 3.74. The summed E-state index contributed by atoms with van der Waals surface area (Å²) in [6.07, 6.45) is 12.4. The summed E-state index contributed by atoms with van der Waals surface area (Å²) in [6.45, 7) is 0. The van der Waals surface area contributed by atoms with Crippen LogP contribution < -0.4 is 0 Å². The lowest BCUT2D eigenvalue weighted by atomic mass is 10.2. The molecule has 0 aromatic rings. The molecule has 0 aromatic carbocycles. The van der Waals surface area contributed by atoms with Gasteiger partial charge in [-0.15, -0.1) is 0 Å². The Hall–Kier alpha value is -1.05. The van der Waals surface area contributed by atoms with Gasteiger partial charge in [-0.2, -0.15) is 0 Å². The van der Waals surface area contributed by atoms with E-state index in [9.17, 15) is 0 Å². The number of hydrogen-bond acceptors (Lipinski definition) is 1. The number of allylic oxidation sites excluding steroid dienone is 4. The Morgan fingerprint density at radius 1 is 1.24 bits per heavy atom. The minimum atomic E-state index is 0.879. The van der Waals surface area contributed by atoms with Gasteiger partial charge >= 0.3 is 0 Å². The van der Waals surface area contributed by atoms with E-state index in [4.69, 9.17) is 0 Å². The second kappa shape index (κ2) is 3.24. The average Bonchev–Trinajstić information content (AvgIpc) is 3.18. The second-order valence-corrected chi connectivity index (χ2v) is 6.26. The minimum absolute atomic E-state index is 0.879. The highest BCUT2D eigenvalue weighted by Gasteiger charge is 2.52. The van der Waals surface area contributed by atoms with Gasteiger partial charge in [-0.25, -0.2) is 4.58 Å². The molecule has 0 bridgehead atoms. The van der Waals surface area contributed by atoms with Crippen molar-refractivity contribution in [1.82, 2.24) is 4.90 Å². The Bertz CT molecular complexity index is 458. The Morgan fingerprint density at radius 2 is 2.12 bits per heavy atom. The predicted octanol–water partition coefficient (Wildman–Crippen LogP) is 2.03. The number of fused-ring (bicyclic) bond motifs is 2. The van der Waals surface area contributed by atoms with Crippen molar-refractivity contribution in [3.8, 4) is 0 Å². The van der Waals surface area contributed by atoms with Crippen LogP contribution in [0.1, 0.15) is 25.7 Å². The zero-order chi connectivity index (χ0) is 11.6. The third-order valence-corrected chi connectivity index (χ3v) is 5.19. The van der Waals surface area contributed by atoms with Crippen LogP contribution >= 0.6 is 0 Å². The number of nitrogens with zero attached hydrogens (tertiary/aromatic N) is 2. The molecular weight excluding hydrogens is 208 g/mol. The topological polar surface area (TPSA) is 6.25 Å². The molecule has 3 fully saturated rings. The van der Waals surface area contributed by atoms with Crippen molar-refractivity contribution < 1.29 is 4.58 Å². The summed E-state index contributed by atoms with van der Waals surface area (Å²) in [5, 5.41) is 0. The number of likely N-dealkylation sites (tertiary alicyclic amines) is 1. The minimum Gasteiger partial charge on any atom is -0.375 e. The monoisotopic (exact) mass is 229 g/mol. The largest absolute Gasteiger partial charge is 0.375 e. The normalized spacial score (nSPS) is 44.8. The van der Waals surface area contributed by atoms with Crippen molar-refractivity contribution in [3.63, 3.8) is 0 Å². The first-order chi connectivity index (χ1) is 8.24. The van der Waals surface area contributed by atoms with Gasteiger partial charge in [0.2, 0.25) is 0 Å². The van der Waals surface area contributed by atoms with Gasteiger partial charge in [0.15, 0.2) is 11.8 Å². The fourth-order valence-electron chi connectivity index (χ4n) is 3.74. The van der Waals surface area contributed by atoms with Crippen molar-refractivity contribution >= 4 is 5.71 Å². The summed E-state index contributed by atoms with van der Waals surface area (Å²) in [4.78, 5) is 2.48. The smallest absolute Gasteiger partial charge is 0.176 e. The van der Waals surface area contributed by atoms with Crippen molar-refractivity contribution in [2.24, 2.45) is 11.8 Å². The van der Waals surface area contributed by atoms with Gasteiger partial charge in [-0.05, 0) is 24.8 Å². The van der Waals surface area contributed by atoms with E-state index < -0.39 is 0 Å². The summed E-state index contributed by atoms with van der Waals surface area (Å²) in [6, 6.07) is 1.76. The number of piperidine rings is 1. The molecule has 90 valence electrons. The quantitative estimate of drug-likeness (QED) is 0.657. The molecule has 0 spiro atoms. The molecule has 4 aliphatic rings. The first kappa shape index (κ1) is 9.93. The molecule has 4 rings (SSSR count). The summed E-state index contributed by atoms with van der Waals surface area (Å²) in [7, 11) is 4.50. The zero-order valence-corrected chi connectivity index (χ0v) is 10.8. The summed E-state index contributed by atoms with van der Waals surface area (Å²) in [5.74, 6) is 1.96. The maximum Gasteiger partial charge on any atom is 0.176 e. The van der Waals surface area contributed by atoms with Crippen LogP contribution in [0.2, 0.25) is 0 Å². The van der Waals surface area contributed by atoms with Gasteiger partial charge in [0, 0.05) is 43.6 Å². The molecule has 4 unspecified atom stereocenters. The zero-order valence-electron chi connectivity index (χ0n) is 10.8. The van der Waals surface area contributed by atoms with Crippen LogP contribution in [0.3, 0.4) is 0 Å². The fraction of sp³-hybridized carbons (Fsp3) is 0.667. The predicted molar refractivity (Wildman–Crippen MR) is 69.2 cm³/mol. The lowest BCUT2D eigenvalue weighted by Gasteiger charge is -2.15. The Labute approximate surface area is 103 Å². The lowest BCUT2D eigenvalue weighted by Crippen LogP contribution is -2.15. The summed E-state index contributed by atoms with van der Waals surface area (Å²) < 4.78 is 2.48. The molecule has 17 heavy (non-hydrogen) atoms. The van der Waals surface area contributed by atoms with E-state index in [1.165, 1.54) is 37.1 Å². The van der Waals surface area contributed by atoms with E-state index in [2.05, 4.69) is 41.8 Å². The molecule has 0 amide bonds. The summed E-state index contributed by atoms with van der Waals surface area (Å²) >= 11 is 0. The van der Waals surface area contributed by atoms with Crippen LogP contribution in [0, 0.1) is 11.8 Å². The third kappa shape index (κ3) is 1.50. The van der Waals surface area contributed by atoms with Gasteiger partial charge < -0.3 is 4.90 Å². The molecule has 4 atom stereocenters. The molecule has 2 heteroatoms. The number of rotatable bonds is 2. The highest BCUT2D eigenvalue weighted by Crippen LogP contribution is 2.48. The second-order valence-electron chi connectivity index (χ2n) is 6.26. The highest BCUT2D eigenvalue weighted by molar-refractivity contribution is 5.92. The molecule has 0 aromatic heterocycles. The molecule has 0 radical (unpaired) electrons. The van der Waals surface area contributed by atoms with Gasteiger partial charge in [0.25, 0.3) is 0 Å². The molecule has 2 heterocycles. The van der Waals surface area contributed by atoms with Crippen LogP contribution in [-0.4, -0.2) is 41.4 Å². The van der Waals surface area contributed by atoms with Crippen LogP contribution in [0.5, 0.6) is 0 Å². The molecule has 2 aliphatic carbocycles. The first-order valence-electron chi connectivity index (χ1n) is 6.93. The first-order valence-corrected chi connectivity index (χ1v) is 6.93. The van der Waals surface area contributed by atoms with Crippen molar-refractivity contribution in [2.45, 2.75) is 37.8 Å². The van der Waals surface area contributed by atoms with Gasteiger partial charge in [0.1, 0.15) is 7.05 Å². The van der Waals surface area contributed by atoms with Gasteiger partial charge in [0.05, 0.1) is 0 Å². The van der Waals surface area contributed by atoms with E-state index >= 15 is 0 Å². The van der Waals surface area contributed by atoms with Crippen LogP contribution in [0.15, 0.2) is 23.9 Å². The van der Waals surface area contributed by atoms with E-state index in [1.807, 2.05) is 0 Å². The van der Waals surface area contributed by atoms with E-state index in [0.717, 1.165) is 23.9 Å². The Kier molecular flexibility index (Phi) is 1.89. The third-order valence-electron chi connectivity index (χ3n) is 5.19. The highest BCUT2D eigenvalue weighted by atomic mass is 15.2. The molecule has 0 N–H and O–H groups in total. The van der Waals surface area contributed by atoms with Crippen LogP contribution in [-0.2, 0) is 0 Å². The van der Waals surface area contributed by atoms with E-state index in [1.54, 1.807) is 0 Å². The average molecular weight is 229 g/mol. The van der Waals surface area contributed by atoms with Crippen molar-refractivity contribution in [1.29, 1.82) is 0 Å². The Morgan fingerprint density at radius 3 is 2.76 bits per heavy atom. The van der Waals surface area contributed by atoms with Crippen LogP contribution in [0.4, 0.5) is 0 Å². The van der Waals surface area contributed by atoms with Gasteiger partial charge in [-0.1, -0.05) is 6.08 Å². The molecule has 2 saturated carbocycles. The maximum atomic E-state index is 2.48. The number of hydrogen-bond donors (Lipinski definition) is 0. The van der Waals surface area contributed by atoms with E-state index in [-0.39, 0.29) is 0 Å².